The van der Waals surface area contributed by atoms with Gasteiger partial charge in [-0.05, 0) is 58.7 Å². The highest BCUT2D eigenvalue weighted by molar-refractivity contribution is 5.79. The van der Waals surface area contributed by atoms with E-state index in [1.54, 1.807) is 7.05 Å². The molecule has 0 unspecified atom stereocenters. The van der Waals surface area contributed by atoms with Gasteiger partial charge in [-0.3, -0.25) is 4.99 Å². The van der Waals surface area contributed by atoms with Crippen molar-refractivity contribution in [1.29, 1.82) is 0 Å². The van der Waals surface area contributed by atoms with Gasteiger partial charge in [-0.1, -0.05) is 6.92 Å². The lowest BCUT2D eigenvalue weighted by Gasteiger charge is -2.31. The van der Waals surface area contributed by atoms with Crippen LogP contribution in [-0.2, 0) is 6.54 Å². The zero-order chi connectivity index (χ0) is 16.7. The molecule has 0 saturated carbocycles. The van der Waals surface area contributed by atoms with Crippen molar-refractivity contribution in [3.05, 3.63) is 17.3 Å². The molecule has 0 radical (unpaired) electrons. The minimum atomic E-state index is 0.559. The molecule has 1 aliphatic heterocycles. The topological polar surface area (TPSA) is 65.7 Å². The van der Waals surface area contributed by atoms with Gasteiger partial charge in [0.15, 0.2) is 5.96 Å². The average molecular weight is 321 g/mol. The first kappa shape index (κ1) is 17.8. The van der Waals surface area contributed by atoms with Crippen LogP contribution in [0.25, 0.3) is 0 Å². The molecule has 1 aromatic heterocycles. The lowest BCUT2D eigenvalue weighted by molar-refractivity contribution is 0.187. The van der Waals surface area contributed by atoms with E-state index in [4.69, 9.17) is 4.42 Å². The zero-order valence-corrected chi connectivity index (χ0v) is 15.0. The van der Waals surface area contributed by atoms with E-state index in [-0.39, 0.29) is 0 Å². The molecule has 130 valence electrons. The third-order valence-electron chi connectivity index (χ3n) is 4.70. The lowest BCUT2D eigenvalue weighted by Crippen LogP contribution is -2.39. The van der Waals surface area contributed by atoms with Gasteiger partial charge in [-0.15, -0.1) is 0 Å². The van der Waals surface area contributed by atoms with Gasteiger partial charge in [-0.2, -0.15) is 0 Å². The SMILES string of the molecule is CCN1CCC(CCNC(=NC)NCc2nc(C)c(C)o2)CC1. The molecule has 23 heavy (non-hydrogen) atoms. The Labute approximate surface area is 139 Å². The standard InChI is InChI=1S/C17H31N5O/c1-5-22-10-7-15(8-11-22)6-9-19-17(18-4)20-12-16-21-13(2)14(3)23-16/h15H,5-12H2,1-4H3,(H2,18,19,20). The Morgan fingerprint density at radius 2 is 2.04 bits per heavy atom. The molecule has 0 aromatic carbocycles. The van der Waals surface area contributed by atoms with E-state index in [9.17, 15) is 0 Å². The summed E-state index contributed by atoms with van der Waals surface area (Å²) >= 11 is 0. The Morgan fingerprint density at radius 3 is 2.61 bits per heavy atom. The number of hydrogen-bond donors (Lipinski definition) is 2. The van der Waals surface area contributed by atoms with Crippen LogP contribution in [-0.4, -0.2) is 49.1 Å². The van der Waals surface area contributed by atoms with Gasteiger partial charge in [0.2, 0.25) is 5.89 Å². The second-order valence-corrected chi connectivity index (χ2v) is 6.27. The van der Waals surface area contributed by atoms with Gasteiger partial charge < -0.3 is 20.0 Å². The van der Waals surface area contributed by atoms with E-state index in [1.807, 2.05) is 13.8 Å². The molecular weight excluding hydrogens is 290 g/mol. The van der Waals surface area contributed by atoms with Crippen LogP contribution < -0.4 is 10.6 Å². The third kappa shape index (κ3) is 5.53. The van der Waals surface area contributed by atoms with E-state index < -0.39 is 0 Å². The van der Waals surface area contributed by atoms with E-state index >= 15 is 0 Å². The Kier molecular flexibility index (Phi) is 6.89. The number of piperidine rings is 1. The first-order valence-electron chi connectivity index (χ1n) is 8.72. The van der Waals surface area contributed by atoms with Crippen LogP contribution in [0.1, 0.15) is 43.5 Å². The molecule has 6 heteroatoms. The fourth-order valence-electron chi connectivity index (χ4n) is 2.98. The van der Waals surface area contributed by atoms with Crippen LogP contribution >= 0.6 is 0 Å². The highest BCUT2D eigenvalue weighted by Gasteiger charge is 2.17. The van der Waals surface area contributed by atoms with Gasteiger partial charge >= 0.3 is 0 Å². The Hall–Kier alpha value is -1.56. The molecule has 0 aliphatic carbocycles. The summed E-state index contributed by atoms with van der Waals surface area (Å²) in [5, 5.41) is 6.64. The van der Waals surface area contributed by atoms with Crippen molar-refractivity contribution in [2.75, 3.05) is 33.2 Å². The number of oxazole rings is 1. The predicted molar refractivity (Wildman–Crippen MR) is 93.6 cm³/mol. The van der Waals surface area contributed by atoms with Crippen LogP contribution in [0.15, 0.2) is 9.41 Å². The molecule has 1 aliphatic rings. The molecule has 2 rings (SSSR count). The Morgan fingerprint density at radius 1 is 1.30 bits per heavy atom. The minimum Gasteiger partial charge on any atom is -0.444 e. The number of aliphatic imine (C=N–C) groups is 1. The molecule has 2 N–H and O–H groups in total. The zero-order valence-electron chi connectivity index (χ0n) is 15.0. The number of aryl methyl sites for hydroxylation is 2. The molecular formula is C17H31N5O. The quantitative estimate of drug-likeness (QED) is 0.620. The van der Waals surface area contributed by atoms with E-state index in [0.717, 1.165) is 29.9 Å². The van der Waals surface area contributed by atoms with Crippen molar-refractivity contribution >= 4 is 5.96 Å². The summed E-state index contributed by atoms with van der Waals surface area (Å²) in [6.07, 6.45) is 3.84. The molecule has 0 bridgehead atoms. The van der Waals surface area contributed by atoms with Crippen molar-refractivity contribution < 1.29 is 4.42 Å². The number of nitrogens with zero attached hydrogens (tertiary/aromatic N) is 3. The van der Waals surface area contributed by atoms with Gasteiger partial charge in [-0.25, -0.2) is 4.98 Å². The van der Waals surface area contributed by atoms with Crippen LogP contribution in [0.4, 0.5) is 0 Å². The van der Waals surface area contributed by atoms with Crippen LogP contribution in [0, 0.1) is 19.8 Å². The molecule has 1 aromatic rings. The summed E-state index contributed by atoms with van der Waals surface area (Å²) in [5.74, 6) is 3.23. The highest BCUT2D eigenvalue weighted by Crippen LogP contribution is 2.19. The molecule has 0 spiro atoms. The van der Waals surface area contributed by atoms with Crippen LogP contribution in [0.2, 0.25) is 0 Å². The normalized spacial score (nSPS) is 17.5. The molecule has 2 heterocycles. The van der Waals surface area contributed by atoms with Gasteiger partial charge in [0.1, 0.15) is 5.76 Å². The Balaban J connectivity index is 1.65. The van der Waals surface area contributed by atoms with E-state index in [0.29, 0.717) is 12.4 Å². The smallest absolute Gasteiger partial charge is 0.214 e. The fraction of sp³-hybridized carbons (Fsp3) is 0.765. The lowest BCUT2D eigenvalue weighted by atomic mass is 9.93. The van der Waals surface area contributed by atoms with Crippen molar-refractivity contribution in [3.8, 4) is 0 Å². The second-order valence-electron chi connectivity index (χ2n) is 6.27. The fourth-order valence-corrected chi connectivity index (χ4v) is 2.98. The predicted octanol–water partition coefficient (Wildman–Crippen LogP) is 2.08. The number of nitrogens with one attached hydrogen (secondary N) is 2. The van der Waals surface area contributed by atoms with Gasteiger partial charge in [0, 0.05) is 13.6 Å². The van der Waals surface area contributed by atoms with Crippen molar-refractivity contribution in [2.24, 2.45) is 10.9 Å². The third-order valence-corrected chi connectivity index (χ3v) is 4.70. The average Bonchev–Trinajstić information content (AvgIpc) is 2.89. The molecule has 0 amide bonds. The van der Waals surface area contributed by atoms with Crippen molar-refractivity contribution in [3.63, 3.8) is 0 Å². The maximum atomic E-state index is 5.57. The second kappa shape index (κ2) is 8.91. The summed E-state index contributed by atoms with van der Waals surface area (Å²) in [6.45, 7) is 11.3. The number of likely N-dealkylation sites (tertiary alicyclic amines) is 1. The maximum absolute atomic E-state index is 5.57. The first-order valence-corrected chi connectivity index (χ1v) is 8.72. The first-order chi connectivity index (χ1) is 11.1. The van der Waals surface area contributed by atoms with Crippen molar-refractivity contribution in [1.82, 2.24) is 20.5 Å². The number of aromatic nitrogens is 1. The maximum Gasteiger partial charge on any atom is 0.214 e. The summed E-state index contributed by atoms with van der Waals surface area (Å²) in [4.78, 5) is 11.2. The van der Waals surface area contributed by atoms with Crippen molar-refractivity contribution in [2.45, 2.75) is 46.6 Å². The number of rotatable bonds is 6. The summed E-state index contributed by atoms with van der Waals surface area (Å²) in [6, 6.07) is 0. The summed E-state index contributed by atoms with van der Waals surface area (Å²) in [5.41, 5.74) is 0.947. The number of hydrogen-bond acceptors (Lipinski definition) is 4. The van der Waals surface area contributed by atoms with E-state index in [2.05, 4.69) is 32.4 Å². The largest absolute Gasteiger partial charge is 0.444 e. The Bertz CT molecular complexity index is 484. The van der Waals surface area contributed by atoms with Gasteiger partial charge in [0.25, 0.3) is 0 Å². The molecule has 1 fully saturated rings. The molecule has 1 saturated heterocycles. The van der Waals surface area contributed by atoms with Gasteiger partial charge in [0.05, 0.1) is 12.2 Å². The summed E-state index contributed by atoms with van der Waals surface area (Å²) in [7, 11) is 1.79. The monoisotopic (exact) mass is 321 g/mol. The van der Waals surface area contributed by atoms with Crippen LogP contribution in [0.3, 0.4) is 0 Å². The number of guanidine groups is 1. The highest BCUT2D eigenvalue weighted by atomic mass is 16.4. The molecule has 0 atom stereocenters. The molecule has 6 nitrogen and oxygen atoms in total. The minimum absolute atomic E-state index is 0.559. The van der Waals surface area contributed by atoms with Crippen LogP contribution in [0.5, 0.6) is 0 Å². The summed E-state index contributed by atoms with van der Waals surface area (Å²) < 4.78 is 5.57. The van der Waals surface area contributed by atoms with E-state index in [1.165, 1.54) is 38.9 Å².